The quantitative estimate of drug-likeness (QED) is 0.472. The average Bonchev–Trinajstić information content (AvgIpc) is 2.46. The molecule has 0 aromatic heterocycles. The molecule has 2 atom stereocenters. The predicted octanol–water partition coefficient (Wildman–Crippen LogP) is 3.66. The molecular formula is C19H24O4. The van der Waals surface area contributed by atoms with Crippen LogP contribution in [0.4, 0.5) is 0 Å². The summed E-state index contributed by atoms with van der Waals surface area (Å²) < 4.78 is 10.8. The molecule has 124 valence electrons. The number of terminal acetylenes is 1. The summed E-state index contributed by atoms with van der Waals surface area (Å²) in [5, 5.41) is 0. The van der Waals surface area contributed by atoms with E-state index in [0.29, 0.717) is 0 Å². The largest absolute Gasteiger partial charge is 0.459 e. The molecule has 0 heterocycles. The highest BCUT2D eigenvalue weighted by Gasteiger charge is 2.45. The SMILES string of the molecule is C#CC[C@@](C)(C(=O)O[C@H](C)c1ccccc1)C(=O)OC(C)(C)C. The monoisotopic (exact) mass is 316 g/mol. The minimum atomic E-state index is -1.52. The van der Waals surface area contributed by atoms with E-state index >= 15 is 0 Å². The van der Waals surface area contributed by atoms with E-state index in [9.17, 15) is 9.59 Å². The minimum Gasteiger partial charge on any atom is -0.459 e. The Hall–Kier alpha value is -2.28. The van der Waals surface area contributed by atoms with Crippen LogP contribution in [-0.4, -0.2) is 17.5 Å². The molecule has 0 aliphatic heterocycles. The van der Waals surface area contributed by atoms with E-state index in [1.54, 1.807) is 27.7 Å². The molecule has 0 saturated carbocycles. The second kappa shape index (κ2) is 7.32. The smallest absolute Gasteiger partial charge is 0.324 e. The molecule has 4 heteroatoms. The fourth-order valence-corrected chi connectivity index (χ4v) is 1.91. The van der Waals surface area contributed by atoms with Gasteiger partial charge in [-0.15, -0.1) is 12.3 Å². The fourth-order valence-electron chi connectivity index (χ4n) is 1.91. The van der Waals surface area contributed by atoms with Crippen LogP contribution in [-0.2, 0) is 19.1 Å². The topological polar surface area (TPSA) is 52.6 Å². The van der Waals surface area contributed by atoms with Crippen molar-refractivity contribution >= 4 is 11.9 Å². The molecule has 1 aromatic carbocycles. The Morgan fingerprint density at radius 1 is 1.13 bits per heavy atom. The Kier molecular flexibility index (Phi) is 5.98. The minimum absolute atomic E-state index is 0.0811. The lowest BCUT2D eigenvalue weighted by Crippen LogP contribution is -2.42. The number of rotatable bonds is 5. The van der Waals surface area contributed by atoms with Gasteiger partial charge >= 0.3 is 11.9 Å². The Morgan fingerprint density at radius 3 is 2.17 bits per heavy atom. The van der Waals surface area contributed by atoms with Crippen molar-refractivity contribution in [2.24, 2.45) is 5.41 Å². The number of hydrogen-bond donors (Lipinski definition) is 0. The van der Waals surface area contributed by atoms with Crippen LogP contribution in [0.3, 0.4) is 0 Å². The van der Waals surface area contributed by atoms with Crippen molar-refractivity contribution < 1.29 is 19.1 Å². The van der Waals surface area contributed by atoms with Crippen LogP contribution >= 0.6 is 0 Å². The third-order valence-corrected chi connectivity index (χ3v) is 3.31. The third-order valence-electron chi connectivity index (χ3n) is 3.31. The average molecular weight is 316 g/mol. The van der Waals surface area contributed by atoms with Crippen molar-refractivity contribution in [3.63, 3.8) is 0 Å². The summed E-state index contributed by atoms with van der Waals surface area (Å²) in [5.41, 5.74) is -1.39. The highest BCUT2D eigenvalue weighted by atomic mass is 16.6. The van der Waals surface area contributed by atoms with Gasteiger partial charge in [0, 0.05) is 6.42 Å². The van der Waals surface area contributed by atoms with Crippen molar-refractivity contribution in [2.45, 2.75) is 52.7 Å². The standard InChI is InChI=1S/C19H24O4/c1-7-13-19(6,17(21)23-18(3,4)5)16(20)22-14(2)15-11-9-8-10-12-15/h1,8-12,14H,13H2,2-6H3/t14-,19+/m1/s1. The predicted molar refractivity (Wildman–Crippen MR) is 88.4 cm³/mol. The molecule has 1 aromatic rings. The van der Waals surface area contributed by atoms with E-state index in [1.165, 1.54) is 6.92 Å². The first-order chi connectivity index (χ1) is 10.6. The van der Waals surface area contributed by atoms with E-state index in [-0.39, 0.29) is 6.42 Å². The maximum atomic E-state index is 12.5. The Balaban J connectivity index is 2.94. The van der Waals surface area contributed by atoms with Crippen molar-refractivity contribution in [1.82, 2.24) is 0 Å². The summed E-state index contributed by atoms with van der Waals surface area (Å²) >= 11 is 0. The normalized spacial score (nSPS) is 15.0. The molecule has 23 heavy (non-hydrogen) atoms. The number of carbonyl (C=O) groups is 2. The van der Waals surface area contributed by atoms with Crippen molar-refractivity contribution in [2.75, 3.05) is 0 Å². The molecule has 0 N–H and O–H groups in total. The summed E-state index contributed by atoms with van der Waals surface area (Å²) in [5.74, 6) is 1.01. The Labute approximate surface area is 138 Å². The molecule has 0 radical (unpaired) electrons. The molecule has 0 fully saturated rings. The molecule has 0 bridgehead atoms. The van der Waals surface area contributed by atoms with Gasteiger partial charge in [0.05, 0.1) is 0 Å². The Morgan fingerprint density at radius 2 is 1.70 bits per heavy atom. The highest BCUT2D eigenvalue weighted by Crippen LogP contribution is 2.30. The van der Waals surface area contributed by atoms with Crippen molar-refractivity contribution in [3.05, 3.63) is 35.9 Å². The number of carbonyl (C=O) groups excluding carboxylic acids is 2. The maximum Gasteiger partial charge on any atom is 0.324 e. The van der Waals surface area contributed by atoms with E-state index in [4.69, 9.17) is 15.9 Å². The zero-order valence-electron chi connectivity index (χ0n) is 14.4. The number of esters is 2. The maximum absolute atomic E-state index is 12.5. The van der Waals surface area contributed by atoms with Crippen LogP contribution in [0.2, 0.25) is 0 Å². The summed E-state index contributed by atoms with van der Waals surface area (Å²) in [4.78, 5) is 25.0. The molecular weight excluding hydrogens is 292 g/mol. The van der Waals surface area contributed by atoms with Crippen molar-refractivity contribution in [3.8, 4) is 12.3 Å². The summed E-state index contributed by atoms with van der Waals surface area (Å²) in [6.45, 7) is 8.41. The second-order valence-corrected chi connectivity index (χ2v) is 6.67. The molecule has 0 saturated heterocycles. The number of benzene rings is 1. The van der Waals surface area contributed by atoms with Gasteiger partial charge in [-0.2, -0.15) is 0 Å². The second-order valence-electron chi connectivity index (χ2n) is 6.67. The van der Waals surface area contributed by atoms with Crippen molar-refractivity contribution in [1.29, 1.82) is 0 Å². The first-order valence-electron chi connectivity index (χ1n) is 7.53. The number of ether oxygens (including phenoxy) is 2. The van der Waals surface area contributed by atoms with E-state index in [2.05, 4.69) is 5.92 Å². The van der Waals surface area contributed by atoms with Gasteiger partial charge in [-0.25, -0.2) is 0 Å². The van der Waals surface area contributed by atoms with Crippen LogP contribution in [0.1, 0.15) is 52.7 Å². The summed E-state index contributed by atoms with van der Waals surface area (Å²) in [6.07, 6.45) is 4.77. The summed E-state index contributed by atoms with van der Waals surface area (Å²) in [7, 11) is 0. The van der Waals surface area contributed by atoms with Crippen LogP contribution < -0.4 is 0 Å². The summed E-state index contributed by atoms with van der Waals surface area (Å²) in [6, 6.07) is 9.29. The van der Waals surface area contributed by atoms with E-state index in [0.717, 1.165) is 5.56 Å². The number of hydrogen-bond acceptors (Lipinski definition) is 4. The molecule has 0 amide bonds. The van der Waals surface area contributed by atoms with Gasteiger partial charge in [0.25, 0.3) is 0 Å². The zero-order valence-corrected chi connectivity index (χ0v) is 14.4. The first kappa shape index (κ1) is 18.8. The molecule has 0 aliphatic rings. The van der Waals surface area contributed by atoms with Crippen LogP contribution in [0, 0.1) is 17.8 Å². The van der Waals surface area contributed by atoms with E-state index in [1.807, 2.05) is 30.3 Å². The van der Waals surface area contributed by atoms with Gasteiger partial charge in [0.2, 0.25) is 0 Å². The fraction of sp³-hybridized carbons (Fsp3) is 0.474. The highest BCUT2D eigenvalue weighted by molar-refractivity contribution is 6.00. The van der Waals surface area contributed by atoms with Crippen LogP contribution in [0.5, 0.6) is 0 Å². The molecule has 1 rings (SSSR count). The molecule has 4 nitrogen and oxygen atoms in total. The van der Waals surface area contributed by atoms with Gasteiger partial charge < -0.3 is 9.47 Å². The van der Waals surface area contributed by atoms with Crippen LogP contribution in [0.15, 0.2) is 30.3 Å². The van der Waals surface area contributed by atoms with Gasteiger partial charge in [0.1, 0.15) is 11.7 Å². The molecule has 0 spiro atoms. The van der Waals surface area contributed by atoms with Gasteiger partial charge in [-0.05, 0) is 40.2 Å². The molecule has 0 unspecified atom stereocenters. The molecule has 0 aliphatic carbocycles. The Bertz CT molecular complexity index is 592. The lowest BCUT2D eigenvalue weighted by Gasteiger charge is -2.29. The zero-order chi connectivity index (χ0) is 17.7. The lowest BCUT2D eigenvalue weighted by molar-refractivity contribution is -0.180. The van der Waals surface area contributed by atoms with Crippen LogP contribution in [0.25, 0.3) is 0 Å². The lowest BCUT2D eigenvalue weighted by atomic mass is 9.87. The van der Waals surface area contributed by atoms with Gasteiger partial charge in [0.15, 0.2) is 5.41 Å². The first-order valence-corrected chi connectivity index (χ1v) is 7.53. The van der Waals surface area contributed by atoms with Gasteiger partial charge in [-0.3, -0.25) is 9.59 Å². The van der Waals surface area contributed by atoms with Gasteiger partial charge in [-0.1, -0.05) is 30.3 Å². The third kappa shape index (κ3) is 5.14. The van der Waals surface area contributed by atoms with E-state index < -0.39 is 29.1 Å².